The Bertz CT molecular complexity index is 308. The normalized spacial score (nSPS) is 24.9. The van der Waals surface area contributed by atoms with Crippen molar-refractivity contribution >= 4 is 11.9 Å². The van der Waals surface area contributed by atoms with E-state index in [2.05, 4.69) is 0 Å². The number of carbonyl (C=O) groups is 2. The van der Waals surface area contributed by atoms with Crippen molar-refractivity contribution in [3.8, 4) is 0 Å². The quantitative estimate of drug-likeness (QED) is 0.475. The minimum atomic E-state index is -0.270. The van der Waals surface area contributed by atoms with E-state index in [4.69, 9.17) is 4.74 Å². The number of esters is 1. The molecule has 0 N–H and O–H groups in total. The molecule has 0 aromatic heterocycles. The molecule has 2 rings (SSSR count). The predicted molar refractivity (Wildman–Crippen MR) is 49.5 cm³/mol. The predicted octanol–water partition coefficient (Wildman–Crippen LogP) is 0.480. The number of amides is 1. The van der Waals surface area contributed by atoms with E-state index in [1.54, 1.807) is 0 Å². The van der Waals surface area contributed by atoms with Gasteiger partial charge in [-0.15, -0.1) is 0 Å². The number of ether oxygens (including phenoxy) is 1. The van der Waals surface area contributed by atoms with Gasteiger partial charge in [-0.2, -0.15) is 0 Å². The number of hydrogen-bond donors (Lipinski definition) is 0. The first kappa shape index (κ1) is 9.24. The van der Waals surface area contributed by atoms with Gasteiger partial charge in [0.05, 0.1) is 6.04 Å². The van der Waals surface area contributed by atoms with Crippen molar-refractivity contribution in [1.82, 2.24) is 4.90 Å². The Morgan fingerprint density at radius 3 is 3.21 bits per heavy atom. The van der Waals surface area contributed by atoms with E-state index in [1.165, 1.54) is 6.92 Å². The van der Waals surface area contributed by atoms with Crippen molar-refractivity contribution in [2.75, 3.05) is 13.2 Å². The highest BCUT2D eigenvalue weighted by molar-refractivity contribution is 5.80. The molecular formula is C10H13NO3. The van der Waals surface area contributed by atoms with Crippen LogP contribution in [0.4, 0.5) is 0 Å². The zero-order chi connectivity index (χ0) is 10.1. The Kier molecular flexibility index (Phi) is 2.27. The maximum atomic E-state index is 11.3. The van der Waals surface area contributed by atoms with Gasteiger partial charge in [0, 0.05) is 19.9 Å². The lowest BCUT2D eigenvalue weighted by atomic mass is 10.1. The molecule has 0 aromatic rings. The first-order chi connectivity index (χ1) is 6.68. The maximum absolute atomic E-state index is 11.3. The van der Waals surface area contributed by atoms with E-state index >= 15 is 0 Å². The van der Waals surface area contributed by atoms with Gasteiger partial charge in [-0.3, -0.25) is 9.59 Å². The van der Waals surface area contributed by atoms with Crippen LogP contribution >= 0.6 is 0 Å². The van der Waals surface area contributed by atoms with Crippen LogP contribution in [0.15, 0.2) is 11.6 Å². The summed E-state index contributed by atoms with van der Waals surface area (Å²) in [6.07, 6.45) is 3.48. The summed E-state index contributed by atoms with van der Waals surface area (Å²) in [7, 11) is 0. The van der Waals surface area contributed by atoms with Crippen molar-refractivity contribution in [3.63, 3.8) is 0 Å². The summed E-state index contributed by atoms with van der Waals surface area (Å²) in [6, 6.07) is 0.196. The van der Waals surface area contributed by atoms with Gasteiger partial charge in [0.2, 0.25) is 5.91 Å². The third-order valence-electron chi connectivity index (χ3n) is 2.75. The van der Waals surface area contributed by atoms with Crippen molar-refractivity contribution in [1.29, 1.82) is 0 Å². The molecule has 0 radical (unpaired) electrons. The molecule has 0 bridgehead atoms. The number of hydrogen-bond acceptors (Lipinski definition) is 3. The van der Waals surface area contributed by atoms with Crippen LogP contribution in [-0.2, 0) is 14.3 Å². The van der Waals surface area contributed by atoms with Gasteiger partial charge in [0.25, 0.3) is 0 Å². The third-order valence-corrected chi connectivity index (χ3v) is 2.75. The fourth-order valence-electron chi connectivity index (χ4n) is 2.04. The van der Waals surface area contributed by atoms with Gasteiger partial charge in [0.1, 0.15) is 6.61 Å². The van der Waals surface area contributed by atoms with Crippen molar-refractivity contribution in [3.05, 3.63) is 11.6 Å². The van der Waals surface area contributed by atoms with Crippen LogP contribution in [0.5, 0.6) is 0 Å². The Morgan fingerprint density at radius 2 is 2.50 bits per heavy atom. The molecule has 0 aromatic carbocycles. The molecule has 1 amide bonds. The van der Waals surface area contributed by atoms with Gasteiger partial charge in [0.15, 0.2) is 0 Å². The SMILES string of the molecule is CC(=O)OCC1=CCN2C(=O)CC[C@@H]12. The molecule has 76 valence electrons. The van der Waals surface area contributed by atoms with Gasteiger partial charge in [-0.1, -0.05) is 6.08 Å². The van der Waals surface area contributed by atoms with Crippen molar-refractivity contribution in [2.45, 2.75) is 25.8 Å². The lowest BCUT2D eigenvalue weighted by Crippen LogP contribution is -2.30. The summed E-state index contributed by atoms with van der Waals surface area (Å²) in [5.41, 5.74) is 1.08. The number of carbonyl (C=O) groups excluding carboxylic acids is 2. The molecular weight excluding hydrogens is 182 g/mol. The number of fused-ring (bicyclic) bond motifs is 1. The Hall–Kier alpha value is -1.32. The van der Waals surface area contributed by atoms with E-state index in [0.29, 0.717) is 19.6 Å². The Balaban J connectivity index is 1.95. The van der Waals surface area contributed by atoms with Gasteiger partial charge in [-0.25, -0.2) is 0 Å². The highest BCUT2D eigenvalue weighted by Gasteiger charge is 2.36. The maximum Gasteiger partial charge on any atom is 0.302 e. The zero-order valence-electron chi connectivity index (χ0n) is 8.16. The first-order valence-electron chi connectivity index (χ1n) is 4.80. The summed E-state index contributed by atoms with van der Waals surface area (Å²) in [6.45, 7) is 2.41. The van der Waals surface area contributed by atoms with Crippen LogP contribution in [0.1, 0.15) is 19.8 Å². The summed E-state index contributed by atoms with van der Waals surface area (Å²) >= 11 is 0. The molecule has 1 saturated heterocycles. The zero-order valence-corrected chi connectivity index (χ0v) is 8.16. The molecule has 1 fully saturated rings. The smallest absolute Gasteiger partial charge is 0.302 e. The van der Waals surface area contributed by atoms with E-state index in [-0.39, 0.29) is 17.9 Å². The molecule has 4 nitrogen and oxygen atoms in total. The molecule has 4 heteroatoms. The minimum Gasteiger partial charge on any atom is -0.461 e. The molecule has 2 aliphatic heterocycles. The topological polar surface area (TPSA) is 46.6 Å². The average Bonchev–Trinajstić information content (AvgIpc) is 2.66. The minimum absolute atomic E-state index is 0.196. The first-order valence-corrected chi connectivity index (χ1v) is 4.80. The van der Waals surface area contributed by atoms with Crippen LogP contribution in [0.3, 0.4) is 0 Å². The molecule has 0 aliphatic carbocycles. The molecule has 2 heterocycles. The van der Waals surface area contributed by atoms with E-state index in [0.717, 1.165) is 12.0 Å². The van der Waals surface area contributed by atoms with Crippen LogP contribution in [-0.4, -0.2) is 36.0 Å². The largest absolute Gasteiger partial charge is 0.461 e. The fourth-order valence-corrected chi connectivity index (χ4v) is 2.04. The fraction of sp³-hybridized carbons (Fsp3) is 0.600. The van der Waals surface area contributed by atoms with Crippen LogP contribution < -0.4 is 0 Å². The standard InChI is InChI=1S/C10H13NO3/c1-7(12)14-6-8-4-5-11-9(8)2-3-10(11)13/h4,9H,2-3,5-6H2,1H3/t9-/m0/s1. The second-order valence-corrected chi connectivity index (χ2v) is 3.66. The van der Waals surface area contributed by atoms with Gasteiger partial charge >= 0.3 is 5.97 Å². The Labute approximate surface area is 82.5 Å². The van der Waals surface area contributed by atoms with Crippen LogP contribution in [0.25, 0.3) is 0 Å². The lowest BCUT2D eigenvalue weighted by Gasteiger charge is -2.17. The third kappa shape index (κ3) is 1.52. The van der Waals surface area contributed by atoms with Crippen molar-refractivity contribution in [2.24, 2.45) is 0 Å². The monoisotopic (exact) mass is 195 g/mol. The molecule has 14 heavy (non-hydrogen) atoms. The van der Waals surface area contributed by atoms with Crippen molar-refractivity contribution < 1.29 is 14.3 Å². The van der Waals surface area contributed by atoms with E-state index < -0.39 is 0 Å². The average molecular weight is 195 g/mol. The van der Waals surface area contributed by atoms with E-state index in [1.807, 2.05) is 11.0 Å². The number of rotatable bonds is 2. The highest BCUT2D eigenvalue weighted by Crippen LogP contribution is 2.29. The van der Waals surface area contributed by atoms with Crippen LogP contribution in [0.2, 0.25) is 0 Å². The van der Waals surface area contributed by atoms with E-state index in [9.17, 15) is 9.59 Å². The second kappa shape index (κ2) is 3.44. The highest BCUT2D eigenvalue weighted by atomic mass is 16.5. The Morgan fingerprint density at radius 1 is 1.71 bits per heavy atom. The molecule has 1 atom stereocenters. The summed E-state index contributed by atoms with van der Waals surface area (Å²) in [5.74, 6) is -0.0576. The second-order valence-electron chi connectivity index (χ2n) is 3.66. The van der Waals surface area contributed by atoms with Gasteiger partial charge in [-0.05, 0) is 12.0 Å². The molecule has 0 spiro atoms. The van der Waals surface area contributed by atoms with Gasteiger partial charge < -0.3 is 9.64 Å². The summed E-state index contributed by atoms with van der Waals surface area (Å²) in [5, 5.41) is 0. The molecule has 2 aliphatic rings. The number of nitrogens with zero attached hydrogens (tertiary/aromatic N) is 1. The lowest BCUT2D eigenvalue weighted by molar-refractivity contribution is -0.140. The van der Waals surface area contributed by atoms with Crippen LogP contribution in [0, 0.1) is 0 Å². The molecule has 0 saturated carbocycles. The summed E-state index contributed by atoms with van der Waals surface area (Å²) < 4.78 is 4.92. The summed E-state index contributed by atoms with van der Waals surface area (Å²) in [4.78, 5) is 23.8. The molecule has 0 unspecified atom stereocenters.